The van der Waals surface area contributed by atoms with Crippen molar-refractivity contribution in [2.75, 3.05) is 39.7 Å². The molecule has 0 fully saturated rings. The molecule has 0 unspecified atom stereocenters. The van der Waals surface area contributed by atoms with Crippen LogP contribution in [-0.2, 0) is 4.79 Å². The maximum Gasteiger partial charge on any atom is 0.427 e. The zero-order chi connectivity index (χ0) is 17.1. The third kappa shape index (κ3) is 3.79. The van der Waals surface area contributed by atoms with E-state index in [1.165, 1.54) is 0 Å². The second-order valence-electron chi connectivity index (χ2n) is 5.68. The number of rotatable bonds is 5. The highest BCUT2D eigenvalue weighted by atomic mass is 32.2. The summed E-state index contributed by atoms with van der Waals surface area (Å²) in [6.07, 6.45) is 1.93. The van der Waals surface area contributed by atoms with Crippen LogP contribution in [0.4, 0.5) is 0 Å². The van der Waals surface area contributed by atoms with E-state index in [4.69, 9.17) is 9.47 Å². The van der Waals surface area contributed by atoms with Gasteiger partial charge in [-0.25, -0.2) is 4.79 Å². The number of benzene rings is 1. The molecule has 0 aliphatic carbocycles. The summed E-state index contributed by atoms with van der Waals surface area (Å²) >= 11 is 3.28. The van der Waals surface area contributed by atoms with Gasteiger partial charge in [0.2, 0.25) is 6.79 Å². The number of ether oxygens (including phenoxy) is 2. The lowest BCUT2D eigenvalue weighted by Crippen LogP contribution is -2.28. The summed E-state index contributed by atoms with van der Waals surface area (Å²) in [5.74, 6) is 2.52. The van der Waals surface area contributed by atoms with Crippen LogP contribution < -0.4 is 9.47 Å². The van der Waals surface area contributed by atoms with Crippen LogP contribution in [0.1, 0.15) is 12.5 Å². The number of amides is 1. The van der Waals surface area contributed by atoms with Gasteiger partial charge in [-0.05, 0) is 61.4 Å². The molecule has 0 bridgehead atoms. The standard InChI is InChI=1S/C17H21N2O3S2/c1-4-23-17-19(8-7-18(2)3)16(20)15(24-17)10-12-5-6-13-14(9-12)22-11-21-13/h5-6,9-10H,4,7-8,11H2,1-3H3/q+1/b15-10-. The first-order valence-corrected chi connectivity index (χ1v) is 9.64. The molecule has 1 amide bonds. The monoisotopic (exact) mass is 365 g/mol. The number of thioether (sulfide) groups is 2. The Bertz CT molecular complexity index is 714. The molecule has 2 heterocycles. The fourth-order valence-corrected chi connectivity index (χ4v) is 4.68. The molecule has 128 valence electrons. The Labute approximate surface area is 150 Å². The van der Waals surface area contributed by atoms with Gasteiger partial charge < -0.3 is 14.4 Å². The van der Waals surface area contributed by atoms with Crippen LogP contribution in [0.15, 0.2) is 23.1 Å². The third-order valence-corrected chi connectivity index (χ3v) is 5.87. The Balaban J connectivity index is 1.81. The van der Waals surface area contributed by atoms with Gasteiger partial charge in [0.1, 0.15) is 4.91 Å². The third-order valence-electron chi connectivity index (χ3n) is 3.61. The van der Waals surface area contributed by atoms with E-state index in [-0.39, 0.29) is 12.7 Å². The summed E-state index contributed by atoms with van der Waals surface area (Å²) in [5, 5.41) is 0. The molecule has 1 aromatic carbocycles. The molecular weight excluding hydrogens is 344 g/mol. The van der Waals surface area contributed by atoms with Gasteiger partial charge in [-0.15, -0.1) is 4.58 Å². The van der Waals surface area contributed by atoms with Gasteiger partial charge in [0.25, 0.3) is 4.38 Å². The van der Waals surface area contributed by atoms with Gasteiger partial charge in [-0.1, -0.05) is 13.0 Å². The van der Waals surface area contributed by atoms with E-state index in [1.54, 1.807) is 23.5 Å². The summed E-state index contributed by atoms with van der Waals surface area (Å²) in [5.41, 5.74) is 0.949. The highest BCUT2D eigenvalue weighted by Gasteiger charge is 2.37. The lowest BCUT2D eigenvalue weighted by atomic mass is 10.2. The molecule has 0 N–H and O–H groups in total. The summed E-state index contributed by atoms with van der Waals surface area (Å²) in [6.45, 7) is 3.91. The highest BCUT2D eigenvalue weighted by Crippen LogP contribution is 2.36. The van der Waals surface area contributed by atoms with E-state index in [9.17, 15) is 4.79 Å². The topological polar surface area (TPSA) is 41.8 Å². The first-order valence-electron chi connectivity index (χ1n) is 7.84. The molecule has 0 saturated carbocycles. The van der Waals surface area contributed by atoms with Gasteiger partial charge in [0.15, 0.2) is 18.0 Å². The molecule has 7 heteroatoms. The molecule has 0 atom stereocenters. The minimum absolute atomic E-state index is 0.0791. The van der Waals surface area contributed by atoms with E-state index < -0.39 is 0 Å². The minimum atomic E-state index is 0.0791. The first kappa shape index (κ1) is 17.4. The molecule has 3 rings (SSSR count). The van der Waals surface area contributed by atoms with Crippen LogP contribution in [0.5, 0.6) is 11.5 Å². The van der Waals surface area contributed by atoms with Gasteiger partial charge in [0, 0.05) is 5.75 Å². The average molecular weight is 366 g/mol. The molecule has 0 saturated heterocycles. The second-order valence-corrected chi connectivity index (χ2v) is 8.22. The molecule has 2 aliphatic heterocycles. The zero-order valence-electron chi connectivity index (χ0n) is 14.1. The molecular formula is C17H21N2O3S2+. The fourth-order valence-electron chi connectivity index (χ4n) is 2.38. The molecule has 0 spiro atoms. The number of hydrogen-bond acceptors (Lipinski definition) is 6. The van der Waals surface area contributed by atoms with Crippen LogP contribution in [0, 0.1) is 0 Å². The molecule has 5 nitrogen and oxygen atoms in total. The van der Waals surface area contributed by atoms with Crippen molar-refractivity contribution in [1.29, 1.82) is 0 Å². The minimum Gasteiger partial charge on any atom is -0.454 e. The van der Waals surface area contributed by atoms with Gasteiger partial charge >= 0.3 is 5.91 Å². The van der Waals surface area contributed by atoms with Gasteiger partial charge in [0.05, 0.1) is 6.54 Å². The van der Waals surface area contributed by atoms with Crippen molar-refractivity contribution < 1.29 is 18.8 Å². The molecule has 0 aromatic heterocycles. The number of hydrogen-bond donors (Lipinski definition) is 0. The van der Waals surface area contributed by atoms with E-state index in [0.29, 0.717) is 6.54 Å². The van der Waals surface area contributed by atoms with Gasteiger partial charge in [-0.2, -0.15) is 0 Å². The Morgan fingerprint density at radius 3 is 2.88 bits per heavy atom. The maximum absolute atomic E-state index is 12.8. The Morgan fingerprint density at radius 1 is 1.33 bits per heavy atom. The van der Waals surface area contributed by atoms with Crippen molar-refractivity contribution >= 4 is 39.9 Å². The Morgan fingerprint density at radius 2 is 2.12 bits per heavy atom. The largest absolute Gasteiger partial charge is 0.454 e. The Kier molecular flexibility index (Phi) is 5.53. The van der Waals surface area contributed by atoms with Crippen LogP contribution >= 0.6 is 23.5 Å². The highest BCUT2D eigenvalue weighted by molar-refractivity contribution is 8.40. The predicted octanol–water partition coefficient (Wildman–Crippen LogP) is 2.71. The van der Waals surface area contributed by atoms with Crippen molar-refractivity contribution in [1.82, 2.24) is 4.90 Å². The van der Waals surface area contributed by atoms with Crippen LogP contribution in [0.3, 0.4) is 0 Å². The number of carbonyl (C=O) groups is 1. The fraction of sp³-hybridized carbons (Fsp3) is 0.412. The van der Waals surface area contributed by atoms with E-state index in [2.05, 4.69) is 11.8 Å². The lowest BCUT2D eigenvalue weighted by Gasteiger charge is -2.06. The second kappa shape index (κ2) is 7.63. The van der Waals surface area contributed by atoms with Crippen molar-refractivity contribution in [2.45, 2.75) is 6.92 Å². The smallest absolute Gasteiger partial charge is 0.427 e. The lowest BCUT2D eigenvalue weighted by molar-refractivity contribution is -0.437. The van der Waals surface area contributed by atoms with Crippen LogP contribution in [0.25, 0.3) is 6.08 Å². The van der Waals surface area contributed by atoms with E-state index in [1.807, 2.05) is 42.9 Å². The quantitative estimate of drug-likeness (QED) is 0.590. The summed E-state index contributed by atoms with van der Waals surface area (Å²) in [4.78, 5) is 15.6. The normalized spacial score (nSPS) is 18.3. The zero-order valence-corrected chi connectivity index (χ0v) is 15.7. The van der Waals surface area contributed by atoms with E-state index >= 15 is 0 Å². The number of carbonyl (C=O) groups excluding carboxylic acids is 1. The molecule has 0 radical (unpaired) electrons. The first-order chi connectivity index (χ1) is 11.6. The molecule has 2 aliphatic rings. The van der Waals surface area contributed by atoms with Crippen molar-refractivity contribution in [2.24, 2.45) is 0 Å². The summed E-state index contributed by atoms with van der Waals surface area (Å²) in [6, 6.07) is 5.75. The Hall–Kier alpha value is -1.44. The number of likely N-dealkylation sites (N-methyl/N-ethyl adjacent to an activating group) is 1. The number of nitrogens with zero attached hydrogens (tertiary/aromatic N) is 2. The van der Waals surface area contributed by atoms with Crippen molar-refractivity contribution in [3.8, 4) is 11.5 Å². The summed E-state index contributed by atoms with van der Waals surface area (Å²) < 4.78 is 13.7. The average Bonchev–Trinajstić information content (AvgIpc) is 3.11. The van der Waals surface area contributed by atoms with Crippen LogP contribution in [-0.4, -0.2) is 59.5 Å². The predicted molar refractivity (Wildman–Crippen MR) is 100.0 cm³/mol. The maximum atomic E-state index is 12.8. The van der Waals surface area contributed by atoms with Crippen molar-refractivity contribution in [3.63, 3.8) is 0 Å². The van der Waals surface area contributed by atoms with Gasteiger partial charge in [-0.3, -0.25) is 0 Å². The summed E-state index contributed by atoms with van der Waals surface area (Å²) in [7, 11) is 4.04. The molecule has 24 heavy (non-hydrogen) atoms. The van der Waals surface area contributed by atoms with Crippen molar-refractivity contribution in [3.05, 3.63) is 28.7 Å². The van der Waals surface area contributed by atoms with Crippen LogP contribution in [0.2, 0.25) is 0 Å². The van der Waals surface area contributed by atoms with E-state index in [0.717, 1.165) is 38.6 Å². The SMILES string of the molecule is CCSC1=[N+](CCN(C)C)C(=O)/C(=C/c2ccc3c(c2)OCO3)S1. The number of fused-ring (bicyclic) bond motifs is 1. The molecule has 1 aromatic rings.